The van der Waals surface area contributed by atoms with E-state index in [1.165, 1.54) is 12.3 Å². The monoisotopic (exact) mass is 269 g/mol. The molecule has 0 amide bonds. The first-order valence-electron chi connectivity index (χ1n) is 6.16. The van der Waals surface area contributed by atoms with E-state index in [0.717, 1.165) is 5.56 Å². The number of fused-ring (bicyclic) bond motifs is 1. The SMILES string of the molecule is Cc1cc(C)c(C(=O)c2cnn3ccncc23)c(F)c1. The molecule has 0 bridgehead atoms. The van der Waals surface area contributed by atoms with Crippen molar-refractivity contribution in [2.45, 2.75) is 13.8 Å². The van der Waals surface area contributed by atoms with Gasteiger partial charge in [0.1, 0.15) is 5.82 Å². The van der Waals surface area contributed by atoms with E-state index in [0.29, 0.717) is 16.6 Å². The maximum Gasteiger partial charge on any atom is 0.200 e. The van der Waals surface area contributed by atoms with Crippen LogP contribution in [-0.2, 0) is 0 Å². The average Bonchev–Trinajstić information content (AvgIpc) is 2.81. The maximum absolute atomic E-state index is 14.1. The number of aromatic nitrogens is 3. The van der Waals surface area contributed by atoms with Crippen LogP contribution < -0.4 is 0 Å². The van der Waals surface area contributed by atoms with Crippen molar-refractivity contribution in [3.05, 3.63) is 65.0 Å². The molecule has 0 atom stereocenters. The molecule has 0 aliphatic rings. The fraction of sp³-hybridized carbons (Fsp3) is 0.133. The number of carbonyl (C=O) groups is 1. The molecule has 3 aromatic rings. The first-order valence-corrected chi connectivity index (χ1v) is 6.16. The highest BCUT2D eigenvalue weighted by molar-refractivity contribution is 6.13. The van der Waals surface area contributed by atoms with Crippen LogP contribution in [0, 0.1) is 19.7 Å². The van der Waals surface area contributed by atoms with Gasteiger partial charge in [-0.1, -0.05) is 6.07 Å². The van der Waals surface area contributed by atoms with Gasteiger partial charge in [-0.3, -0.25) is 9.78 Å². The number of aryl methyl sites for hydroxylation is 2. The zero-order chi connectivity index (χ0) is 14.3. The third-order valence-electron chi connectivity index (χ3n) is 3.23. The van der Waals surface area contributed by atoms with Crippen molar-refractivity contribution in [2.75, 3.05) is 0 Å². The summed E-state index contributed by atoms with van der Waals surface area (Å²) in [5, 5.41) is 4.08. The largest absolute Gasteiger partial charge is 0.288 e. The fourth-order valence-electron chi connectivity index (χ4n) is 2.35. The lowest BCUT2D eigenvalue weighted by atomic mass is 9.98. The zero-order valence-corrected chi connectivity index (χ0v) is 11.1. The van der Waals surface area contributed by atoms with Crippen molar-refractivity contribution in [3.63, 3.8) is 0 Å². The summed E-state index contributed by atoms with van der Waals surface area (Å²) >= 11 is 0. The average molecular weight is 269 g/mol. The van der Waals surface area contributed by atoms with Gasteiger partial charge in [0.05, 0.1) is 29.0 Å². The first-order chi connectivity index (χ1) is 9.58. The summed E-state index contributed by atoms with van der Waals surface area (Å²) in [5.41, 5.74) is 2.42. The first kappa shape index (κ1) is 12.5. The second kappa shape index (κ2) is 4.52. The Morgan fingerprint density at radius 1 is 1.25 bits per heavy atom. The Morgan fingerprint density at radius 2 is 2.05 bits per heavy atom. The molecule has 0 aliphatic heterocycles. The number of nitrogens with zero attached hydrogens (tertiary/aromatic N) is 3. The van der Waals surface area contributed by atoms with Gasteiger partial charge in [-0.25, -0.2) is 8.91 Å². The molecule has 0 spiro atoms. The molecule has 100 valence electrons. The quantitative estimate of drug-likeness (QED) is 0.672. The van der Waals surface area contributed by atoms with E-state index in [1.54, 1.807) is 43.0 Å². The molecule has 0 N–H and O–H groups in total. The topological polar surface area (TPSA) is 47.3 Å². The third-order valence-corrected chi connectivity index (χ3v) is 3.23. The van der Waals surface area contributed by atoms with E-state index in [1.807, 2.05) is 0 Å². The summed E-state index contributed by atoms with van der Waals surface area (Å²) in [5.74, 6) is -0.876. The molecule has 2 aromatic heterocycles. The van der Waals surface area contributed by atoms with E-state index in [4.69, 9.17) is 0 Å². The number of halogens is 1. The summed E-state index contributed by atoms with van der Waals surface area (Å²) in [6.07, 6.45) is 6.20. The molecule has 0 aliphatic carbocycles. The number of benzene rings is 1. The molecule has 2 heterocycles. The lowest BCUT2D eigenvalue weighted by Gasteiger charge is -2.07. The number of ketones is 1. The third kappa shape index (κ3) is 1.87. The van der Waals surface area contributed by atoms with Gasteiger partial charge in [-0.05, 0) is 31.0 Å². The van der Waals surface area contributed by atoms with Crippen LogP contribution in [0.2, 0.25) is 0 Å². The predicted octanol–water partition coefficient (Wildman–Crippen LogP) is 2.72. The van der Waals surface area contributed by atoms with Gasteiger partial charge in [-0.2, -0.15) is 5.10 Å². The molecule has 0 saturated carbocycles. The van der Waals surface area contributed by atoms with Gasteiger partial charge in [0.15, 0.2) is 5.78 Å². The van der Waals surface area contributed by atoms with Crippen LogP contribution in [0.3, 0.4) is 0 Å². The van der Waals surface area contributed by atoms with Gasteiger partial charge < -0.3 is 0 Å². The van der Waals surface area contributed by atoms with Gasteiger partial charge >= 0.3 is 0 Å². The van der Waals surface area contributed by atoms with Crippen molar-refractivity contribution in [3.8, 4) is 0 Å². The molecule has 3 rings (SSSR count). The molecule has 0 fully saturated rings. The second-order valence-electron chi connectivity index (χ2n) is 4.73. The van der Waals surface area contributed by atoms with Crippen molar-refractivity contribution in [1.82, 2.24) is 14.6 Å². The van der Waals surface area contributed by atoms with E-state index in [2.05, 4.69) is 10.1 Å². The molecular formula is C15H12FN3O. The van der Waals surface area contributed by atoms with Crippen molar-refractivity contribution >= 4 is 11.3 Å². The highest BCUT2D eigenvalue weighted by Gasteiger charge is 2.20. The van der Waals surface area contributed by atoms with Crippen LogP contribution in [-0.4, -0.2) is 20.4 Å². The number of hydrogen-bond donors (Lipinski definition) is 0. The van der Waals surface area contributed by atoms with Crippen molar-refractivity contribution in [1.29, 1.82) is 0 Å². The minimum atomic E-state index is -0.504. The fourth-order valence-corrected chi connectivity index (χ4v) is 2.35. The molecule has 1 aromatic carbocycles. The van der Waals surface area contributed by atoms with Crippen LogP contribution >= 0.6 is 0 Å². The Morgan fingerprint density at radius 3 is 2.80 bits per heavy atom. The second-order valence-corrected chi connectivity index (χ2v) is 4.73. The normalized spacial score (nSPS) is 10.9. The molecule has 0 saturated heterocycles. The van der Waals surface area contributed by atoms with Gasteiger partial charge in [0.25, 0.3) is 0 Å². The molecule has 0 unspecified atom stereocenters. The number of carbonyl (C=O) groups excluding carboxylic acids is 1. The van der Waals surface area contributed by atoms with E-state index in [-0.39, 0.29) is 11.3 Å². The zero-order valence-electron chi connectivity index (χ0n) is 11.1. The van der Waals surface area contributed by atoms with Crippen molar-refractivity contribution < 1.29 is 9.18 Å². The molecule has 0 radical (unpaired) electrons. The van der Waals surface area contributed by atoms with E-state index < -0.39 is 5.82 Å². The summed E-state index contributed by atoms with van der Waals surface area (Å²) < 4.78 is 15.6. The molecule has 4 nitrogen and oxygen atoms in total. The van der Waals surface area contributed by atoms with Crippen LogP contribution in [0.25, 0.3) is 5.52 Å². The standard InChI is InChI=1S/C15H12FN3O/c1-9-5-10(2)14(12(16)6-9)15(20)11-7-18-19-4-3-17-8-13(11)19/h3-8H,1-2H3. The molecule has 5 heteroatoms. The summed E-state index contributed by atoms with van der Waals surface area (Å²) in [7, 11) is 0. The minimum absolute atomic E-state index is 0.0920. The smallest absolute Gasteiger partial charge is 0.200 e. The number of rotatable bonds is 2. The van der Waals surface area contributed by atoms with Crippen molar-refractivity contribution in [2.24, 2.45) is 0 Å². The lowest BCUT2D eigenvalue weighted by molar-refractivity contribution is 0.103. The van der Waals surface area contributed by atoms with E-state index in [9.17, 15) is 9.18 Å². The predicted molar refractivity (Wildman–Crippen MR) is 72.3 cm³/mol. The summed E-state index contributed by atoms with van der Waals surface area (Å²) in [4.78, 5) is 16.5. The number of hydrogen-bond acceptors (Lipinski definition) is 3. The summed E-state index contributed by atoms with van der Waals surface area (Å²) in [6.45, 7) is 3.52. The van der Waals surface area contributed by atoms with Crippen LogP contribution in [0.5, 0.6) is 0 Å². The Hall–Kier alpha value is -2.56. The maximum atomic E-state index is 14.1. The minimum Gasteiger partial charge on any atom is -0.288 e. The molecular weight excluding hydrogens is 257 g/mol. The Balaban J connectivity index is 2.19. The highest BCUT2D eigenvalue weighted by atomic mass is 19.1. The van der Waals surface area contributed by atoms with Gasteiger partial charge in [0, 0.05) is 12.4 Å². The lowest BCUT2D eigenvalue weighted by Crippen LogP contribution is -2.07. The summed E-state index contributed by atoms with van der Waals surface area (Å²) in [6, 6.07) is 3.16. The molecule has 20 heavy (non-hydrogen) atoms. The highest BCUT2D eigenvalue weighted by Crippen LogP contribution is 2.21. The Bertz CT molecular complexity index is 800. The van der Waals surface area contributed by atoms with E-state index >= 15 is 0 Å². The van der Waals surface area contributed by atoms with Crippen LogP contribution in [0.4, 0.5) is 4.39 Å². The Kier molecular flexibility index (Phi) is 2.82. The van der Waals surface area contributed by atoms with Crippen LogP contribution in [0.15, 0.2) is 36.9 Å². The van der Waals surface area contributed by atoms with Crippen LogP contribution in [0.1, 0.15) is 27.0 Å². The van der Waals surface area contributed by atoms with Gasteiger partial charge in [-0.15, -0.1) is 0 Å². The Labute approximate surface area is 114 Å². The van der Waals surface area contributed by atoms with Gasteiger partial charge in [0.2, 0.25) is 0 Å².